The van der Waals surface area contributed by atoms with Crippen molar-refractivity contribution >= 4 is 11.5 Å². The maximum atomic E-state index is 6.01. The Labute approximate surface area is 136 Å². The van der Waals surface area contributed by atoms with E-state index < -0.39 is 0 Å². The summed E-state index contributed by atoms with van der Waals surface area (Å²) in [6.45, 7) is 4.61. The minimum absolute atomic E-state index is 0.282. The van der Waals surface area contributed by atoms with Gasteiger partial charge in [0, 0.05) is 43.0 Å². The van der Waals surface area contributed by atoms with Gasteiger partial charge in [0.25, 0.3) is 0 Å². The minimum atomic E-state index is 0.282. The SMILES string of the molecule is Nc1cccc(C2c3cccnc3NC2CN2CCOCC2)c1. The summed E-state index contributed by atoms with van der Waals surface area (Å²) in [7, 11) is 0. The van der Waals surface area contributed by atoms with Crippen LogP contribution < -0.4 is 11.1 Å². The van der Waals surface area contributed by atoms with Crippen LogP contribution in [0.2, 0.25) is 0 Å². The Morgan fingerprint density at radius 1 is 1.22 bits per heavy atom. The first-order chi connectivity index (χ1) is 11.3. The zero-order chi connectivity index (χ0) is 15.6. The van der Waals surface area contributed by atoms with Gasteiger partial charge >= 0.3 is 0 Å². The Balaban J connectivity index is 1.65. The third-order valence-corrected chi connectivity index (χ3v) is 4.73. The molecule has 2 atom stereocenters. The van der Waals surface area contributed by atoms with Gasteiger partial charge in [-0.3, -0.25) is 4.90 Å². The Hall–Kier alpha value is -2.11. The number of nitrogen functional groups attached to an aromatic ring is 1. The third-order valence-electron chi connectivity index (χ3n) is 4.73. The molecule has 0 saturated carbocycles. The van der Waals surface area contributed by atoms with E-state index >= 15 is 0 Å². The fourth-order valence-electron chi connectivity index (χ4n) is 3.64. The number of ether oxygens (including phenoxy) is 1. The van der Waals surface area contributed by atoms with Crippen LogP contribution in [0, 0.1) is 0 Å². The lowest BCUT2D eigenvalue weighted by Crippen LogP contribution is -2.43. The fraction of sp³-hybridized carbons (Fsp3) is 0.389. The lowest BCUT2D eigenvalue weighted by molar-refractivity contribution is 0.0358. The van der Waals surface area contributed by atoms with Crippen molar-refractivity contribution in [1.82, 2.24) is 9.88 Å². The molecule has 0 radical (unpaired) electrons. The van der Waals surface area contributed by atoms with Crippen molar-refractivity contribution in [3.05, 3.63) is 53.7 Å². The summed E-state index contributed by atoms with van der Waals surface area (Å²) >= 11 is 0. The second-order valence-electron chi connectivity index (χ2n) is 6.25. The molecule has 2 aliphatic heterocycles. The number of rotatable bonds is 3. The normalized spacial score (nSPS) is 24.2. The van der Waals surface area contributed by atoms with E-state index in [1.54, 1.807) is 0 Å². The number of pyridine rings is 1. The van der Waals surface area contributed by atoms with Gasteiger partial charge in [0.15, 0.2) is 0 Å². The maximum Gasteiger partial charge on any atom is 0.130 e. The molecule has 1 aromatic heterocycles. The second kappa shape index (κ2) is 6.18. The first-order valence-electron chi connectivity index (χ1n) is 8.18. The van der Waals surface area contributed by atoms with Gasteiger partial charge in [-0.15, -0.1) is 0 Å². The molecule has 120 valence electrons. The molecular formula is C18H22N4O. The van der Waals surface area contributed by atoms with Crippen molar-refractivity contribution in [2.45, 2.75) is 12.0 Å². The number of benzene rings is 1. The van der Waals surface area contributed by atoms with E-state index in [1.165, 1.54) is 11.1 Å². The quantitative estimate of drug-likeness (QED) is 0.848. The lowest BCUT2D eigenvalue weighted by atomic mass is 9.88. The van der Waals surface area contributed by atoms with Gasteiger partial charge in [0.05, 0.1) is 19.3 Å². The summed E-state index contributed by atoms with van der Waals surface area (Å²) in [5, 5.41) is 3.62. The van der Waals surface area contributed by atoms with Gasteiger partial charge in [-0.2, -0.15) is 0 Å². The molecule has 2 unspecified atom stereocenters. The third kappa shape index (κ3) is 2.90. The van der Waals surface area contributed by atoms with Crippen LogP contribution in [0.3, 0.4) is 0 Å². The molecule has 1 aromatic carbocycles. The van der Waals surface area contributed by atoms with Crippen molar-refractivity contribution in [2.75, 3.05) is 43.9 Å². The molecular weight excluding hydrogens is 288 g/mol. The average molecular weight is 310 g/mol. The molecule has 5 nitrogen and oxygen atoms in total. The van der Waals surface area contributed by atoms with E-state index in [0.717, 1.165) is 44.4 Å². The number of fused-ring (bicyclic) bond motifs is 1. The fourth-order valence-corrected chi connectivity index (χ4v) is 3.64. The molecule has 4 rings (SSSR count). The van der Waals surface area contributed by atoms with E-state index in [4.69, 9.17) is 10.5 Å². The van der Waals surface area contributed by atoms with E-state index in [0.29, 0.717) is 6.04 Å². The lowest BCUT2D eigenvalue weighted by Gasteiger charge is -2.31. The zero-order valence-corrected chi connectivity index (χ0v) is 13.1. The highest BCUT2D eigenvalue weighted by atomic mass is 16.5. The monoisotopic (exact) mass is 310 g/mol. The highest BCUT2D eigenvalue weighted by Gasteiger charge is 2.35. The molecule has 0 spiro atoms. The van der Waals surface area contributed by atoms with Gasteiger partial charge in [0.2, 0.25) is 0 Å². The molecule has 3 heterocycles. The van der Waals surface area contributed by atoms with Gasteiger partial charge in [0.1, 0.15) is 5.82 Å². The molecule has 23 heavy (non-hydrogen) atoms. The van der Waals surface area contributed by atoms with Crippen LogP contribution in [-0.4, -0.2) is 48.8 Å². The molecule has 2 aromatic rings. The summed E-state index contributed by atoms with van der Waals surface area (Å²) in [6, 6.07) is 12.7. The average Bonchev–Trinajstić information content (AvgIpc) is 2.93. The van der Waals surface area contributed by atoms with Crippen molar-refractivity contribution in [2.24, 2.45) is 0 Å². The number of anilines is 2. The van der Waals surface area contributed by atoms with Crippen LogP contribution in [0.15, 0.2) is 42.6 Å². The first kappa shape index (κ1) is 14.5. The molecule has 5 heteroatoms. The predicted octanol–water partition coefficient (Wildman–Crippen LogP) is 1.92. The van der Waals surface area contributed by atoms with Crippen LogP contribution in [0.5, 0.6) is 0 Å². The van der Waals surface area contributed by atoms with Crippen molar-refractivity contribution in [3.8, 4) is 0 Å². The Morgan fingerprint density at radius 2 is 2.09 bits per heavy atom. The van der Waals surface area contributed by atoms with Crippen molar-refractivity contribution < 1.29 is 4.74 Å². The summed E-state index contributed by atoms with van der Waals surface area (Å²) in [4.78, 5) is 6.98. The van der Waals surface area contributed by atoms with E-state index in [1.807, 2.05) is 24.4 Å². The largest absolute Gasteiger partial charge is 0.399 e. The minimum Gasteiger partial charge on any atom is -0.399 e. The highest BCUT2D eigenvalue weighted by Crippen LogP contribution is 2.39. The Bertz CT molecular complexity index is 684. The van der Waals surface area contributed by atoms with Crippen LogP contribution in [0.25, 0.3) is 0 Å². The number of hydrogen-bond acceptors (Lipinski definition) is 5. The number of morpholine rings is 1. The standard InChI is InChI=1S/C18H22N4O/c19-14-4-1-3-13(11-14)17-15-5-2-6-20-18(15)21-16(17)12-22-7-9-23-10-8-22/h1-6,11,16-17H,7-10,12,19H2,(H,20,21). The summed E-state index contributed by atoms with van der Waals surface area (Å²) in [5.41, 5.74) is 9.34. The molecule has 0 bridgehead atoms. The first-order valence-corrected chi connectivity index (χ1v) is 8.18. The Morgan fingerprint density at radius 3 is 2.91 bits per heavy atom. The van der Waals surface area contributed by atoms with E-state index in [2.05, 4.69) is 33.4 Å². The topological polar surface area (TPSA) is 63.4 Å². The molecule has 0 aliphatic carbocycles. The van der Waals surface area contributed by atoms with Gasteiger partial charge in [-0.05, 0) is 23.8 Å². The van der Waals surface area contributed by atoms with Gasteiger partial charge in [-0.1, -0.05) is 18.2 Å². The molecule has 3 N–H and O–H groups in total. The van der Waals surface area contributed by atoms with Crippen LogP contribution >= 0.6 is 0 Å². The summed E-state index contributed by atoms with van der Waals surface area (Å²) in [6.07, 6.45) is 1.85. The van der Waals surface area contributed by atoms with Gasteiger partial charge < -0.3 is 15.8 Å². The van der Waals surface area contributed by atoms with E-state index in [9.17, 15) is 0 Å². The maximum absolute atomic E-state index is 6.01. The highest BCUT2D eigenvalue weighted by molar-refractivity contribution is 5.59. The van der Waals surface area contributed by atoms with Crippen molar-refractivity contribution in [1.29, 1.82) is 0 Å². The number of hydrogen-bond donors (Lipinski definition) is 2. The predicted molar refractivity (Wildman–Crippen MR) is 91.6 cm³/mol. The molecule has 1 saturated heterocycles. The molecule has 2 aliphatic rings. The molecule has 0 amide bonds. The number of aromatic nitrogens is 1. The second-order valence-corrected chi connectivity index (χ2v) is 6.25. The van der Waals surface area contributed by atoms with Crippen LogP contribution in [-0.2, 0) is 4.74 Å². The number of nitrogens with two attached hydrogens (primary N) is 1. The van der Waals surface area contributed by atoms with Gasteiger partial charge in [-0.25, -0.2) is 4.98 Å². The van der Waals surface area contributed by atoms with Crippen LogP contribution in [0.1, 0.15) is 17.0 Å². The van der Waals surface area contributed by atoms with Crippen molar-refractivity contribution in [3.63, 3.8) is 0 Å². The Kier molecular flexibility index (Phi) is 3.89. The van der Waals surface area contributed by atoms with Crippen LogP contribution in [0.4, 0.5) is 11.5 Å². The van der Waals surface area contributed by atoms with E-state index in [-0.39, 0.29) is 5.92 Å². The molecule has 1 fully saturated rings. The smallest absolute Gasteiger partial charge is 0.130 e. The summed E-state index contributed by atoms with van der Waals surface area (Å²) in [5.74, 6) is 1.28. The summed E-state index contributed by atoms with van der Waals surface area (Å²) < 4.78 is 5.46. The zero-order valence-electron chi connectivity index (χ0n) is 13.1. The number of nitrogens with zero attached hydrogens (tertiary/aromatic N) is 2. The number of nitrogens with one attached hydrogen (secondary N) is 1.